The van der Waals surface area contributed by atoms with E-state index in [2.05, 4.69) is 59.5 Å². The number of carbonyl (C=O) groups excluding carboxylic acids is 1. The normalized spacial score (nSPS) is 11.4. The van der Waals surface area contributed by atoms with Gasteiger partial charge in [-0.2, -0.15) is 0 Å². The Kier molecular flexibility index (Phi) is 6.01. The summed E-state index contributed by atoms with van der Waals surface area (Å²) in [5.74, 6) is 0.0927. The maximum absolute atomic E-state index is 11.7. The van der Waals surface area contributed by atoms with E-state index in [1.165, 1.54) is 11.1 Å². The summed E-state index contributed by atoms with van der Waals surface area (Å²) in [6.45, 7) is 7.77. The van der Waals surface area contributed by atoms with E-state index < -0.39 is 0 Å². The van der Waals surface area contributed by atoms with Crippen LogP contribution in [0.25, 0.3) is 0 Å². The van der Waals surface area contributed by atoms with E-state index in [4.69, 9.17) is 0 Å². The van der Waals surface area contributed by atoms with Gasteiger partial charge in [0, 0.05) is 29.4 Å². The average Bonchev–Trinajstić information content (AvgIpc) is 2.36. The van der Waals surface area contributed by atoms with Gasteiger partial charge >= 0.3 is 0 Å². The summed E-state index contributed by atoms with van der Waals surface area (Å²) < 4.78 is 1.07. The van der Waals surface area contributed by atoms with E-state index in [0.717, 1.165) is 4.47 Å². The van der Waals surface area contributed by atoms with Crippen molar-refractivity contribution in [1.82, 2.24) is 10.6 Å². The number of hydrogen-bond donors (Lipinski definition) is 2. The van der Waals surface area contributed by atoms with Gasteiger partial charge in [0.25, 0.3) is 0 Å². The van der Waals surface area contributed by atoms with Crippen LogP contribution in [0, 0.1) is 6.92 Å². The molecule has 1 amide bonds. The minimum Gasteiger partial charge on any atom is -0.355 e. The van der Waals surface area contributed by atoms with E-state index in [0.29, 0.717) is 19.5 Å². The van der Waals surface area contributed by atoms with Crippen molar-refractivity contribution in [1.29, 1.82) is 0 Å². The second-order valence-corrected chi connectivity index (χ2v) is 6.39. The maximum Gasteiger partial charge on any atom is 0.221 e. The summed E-state index contributed by atoms with van der Waals surface area (Å²) >= 11 is 3.51. The van der Waals surface area contributed by atoms with Crippen LogP contribution < -0.4 is 10.6 Å². The molecule has 0 fully saturated rings. The smallest absolute Gasteiger partial charge is 0.221 e. The van der Waals surface area contributed by atoms with Crippen molar-refractivity contribution in [2.75, 3.05) is 20.1 Å². The summed E-state index contributed by atoms with van der Waals surface area (Å²) in [4.78, 5) is 11.7. The Hall–Kier alpha value is -0.870. The molecule has 0 aliphatic heterocycles. The van der Waals surface area contributed by atoms with Gasteiger partial charge in [-0.15, -0.1) is 0 Å². The number of rotatable bonds is 6. The van der Waals surface area contributed by atoms with Gasteiger partial charge in [-0.1, -0.05) is 35.8 Å². The second-order valence-electron chi connectivity index (χ2n) is 5.47. The molecule has 106 valence electrons. The fourth-order valence-corrected chi connectivity index (χ4v) is 2.43. The number of halogens is 1. The highest BCUT2D eigenvalue weighted by molar-refractivity contribution is 9.10. The SMILES string of the molecule is CNCCC(=O)NCC(C)(C)c1cc(Br)ccc1C. The minimum atomic E-state index is -0.0802. The van der Waals surface area contributed by atoms with Crippen LogP contribution in [0.3, 0.4) is 0 Å². The Labute approximate surface area is 124 Å². The molecule has 0 saturated heterocycles. The Morgan fingerprint density at radius 2 is 2.05 bits per heavy atom. The van der Waals surface area contributed by atoms with Crippen LogP contribution in [-0.2, 0) is 10.2 Å². The van der Waals surface area contributed by atoms with Gasteiger partial charge in [-0.3, -0.25) is 4.79 Å². The molecular weight excluding hydrogens is 304 g/mol. The van der Waals surface area contributed by atoms with E-state index in [1.807, 2.05) is 13.1 Å². The first-order chi connectivity index (χ1) is 8.86. The molecule has 0 radical (unpaired) electrons. The molecule has 0 unspecified atom stereocenters. The van der Waals surface area contributed by atoms with Crippen molar-refractivity contribution in [3.8, 4) is 0 Å². The van der Waals surface area contributed by atoms with Crippen LogP contribution in [0.2, 0.25) is 0 Å². The number of hydrogen-bond acceptors (Lipinski definition) is 2. The van der Waals surface area contributed by atoms with Crippen molar-refractivity contribution >= 4 is 21.8 Å². The van der Waals surface area contributed by atoms with Crippen molar-refractivity contribution in [3.05, 3.63) is 33.8 Å². The molecule has 4 heteroatoms. The quantitative estimate of drug-likeness (QED) is 0.844. The third kappa shape index (κ3) is 4.96. The fraction of sp³-hybridized carbons (Fsp3) is 0.533. The number of carbonyl (C=O) groups is 1. The lowest BCUT2D eigenvalue weighted by Crippen LogP contribution is -2.38. The van der Waals surface area contributed by atoms with Crippen LogP contribution in [-0.4, -0.2) is 26.0 Å². The lowest BCUT2D eigenvalue weighted by atomic mass is 9.82. The second kappa shape index (κ2) is 7.06. The van der Waals surface area contributed by atoms with Crippen LogP contribution in [0.1, 0.15) is 31.4 Å². The lowest BCUT2D eigenvalue weighted by Gasteiger charge is -2.27. The van der Waals surface area contributed by atoms with Crippen LogP contribution in [0.4, 0.5) is 0 Å². The van der Waals surface area contributed by atoms with Gasteiger partial charge in [0.05, 0.1) is 0 Å². The highest BCUT2D eigenvalue weighted by Gasteiger charge is 2.23. The number of amides is 1. The number of nitrogens with one attached hydrogen (secondary N) is 2. The molecule has 0 spiro atoms. The van der Waals surface area contributed by atoms with Crippen molar-refractivity contribution in [2.45, 2.75) is 32.6 Å². The summed E-state index contributed by atoms with van der Waals surface area (Å²) in [5, 5.41) is 5.99. The topological polar surface area (TPSA) is 41.1 Å². The first kappa shape index (κ1) is 16.2. The Balaban J connectivity index is 2.70. The zero-order valence-electron chi connectivity index (χ0n) is 12.1. The zero-order chi connectivity index (χ0) is 14.5. The van der Waals surface area contributed by atoms with Gasteiger partial charge < -0.3 is 10.6 Å². The van der Waals surface area contributed by atoms with Crippen LogP contribution in [0.5, 0.6) is 0 Å². The average molecular weight is 327 g/mol. The minimum absolute atomic E-state index is 0.0802. The molecular formula is C15H23BrN2O. The summed E-state index contributed by atoms with van der Waals surface area (Å²) in [7, 11) is 1.85. The van der Waals surface area contributed by atoms with Gasteiger partial charge in [0.2, 0.25) is 5.91 Å². The zero-order valence-corrected chi connectivity index (χ0v) is 13.7. The van der Waals surface area contributed by atoms with Crippen molar-refractivity contribution in [3.63, 3.8) is 0 Å². The Morgan fingerprint density at radius 1 is 1.37 bits per heavy atom. The van der Waals surface area contributed by atoms with Gasteiger partial charge in [-0.25, -0.2) is 0 Å². The molecule has 3 nitrogen and oxygen atoms in total. The summed E-state index contributed by atoms with van der Waals surface area (Å²) in [6.07, 6.45) is 0.518. The standard InChI is InChI=1S/C15H23BrN2O/c1-11-5-6-12(16)9-13(11)15(2,3)10-18-14(19)7-8-17-4/h5-6,9,17H,7-8,10H2,1-4H3,(H,18,19). The lowest BCUT2D eigenvalue weighted by molar-refractivity contribution is -0.121. The molecule has 2 N–H and O–H groups in total. The molecule has 0 atom stereocenters. The first-order valence-corrected chi connectivity index (χ1v) is 7.34. The third-order valence-electron chi connectivity index (χ3n) is 3.26. The monoisotopic (exact) mass is 326 g/mol. The molecule has 19 heavy (non-hydrogen) atoms. The van der Waals surface area contributed by atoms with Crippen LogP contribution in [0.15, 0.2) is 22.7 Å². The molecule has 0 aliphatic carbocycles. The van der Waals surface area contributed by atoms with Crippen LogP contribution >= 0.6 is 15.9 Å². The maximum atomic E-state index is 11.7. The van der Waals surface area contributed by atoms with E-state index >= 15 is 0 Å². The Bertz CT molecular complexity index is 444. The van der Waals surface area contributed by atoms with E-state index in [-0.39, 0.29) is 11.3 Å². The van der Waals surface area contributed by atoms with E-state index in [1.54, 1.807) is 0 Å². The molecule has 1 rings (SSSR count). The Morgan fingerprint density at radius 3 is 2.68 bits per heavy atom. The molecule has 1 aromatic rings. The molecule has 1 aromatic carbocycles. The highest BCUT2D eigenvalue weighted by Crippen LogP contribution is 2.28. The van der Waals surface area contributed by atoms with Gasteiger partial charge in [0.1, 0.15) is 0 Å². The summed E-state index contributed by atoms with van der Waals surface area (Å²) in [6, 6.07) is 6.28. The molecule has 0 aromatic heterocycles. The summed E-state index contributed by atoms with van der Waals surface area (Å²) in [5.41, 5.74) is 2.43. The fourth-order valence-electron chi connectivity index (χ4n) is 2.07. The predicted octanol–water partition coefficient (Wildman–Crippen LogP) is 2.76. The van der Waals surface area contributed by atoms with Crippen molar-refractivity contribution < 1.29 is 4.79 Å². The number of aryl methyl sites for hydroxylation is 1. The van der Waals surface area contributed by atoms with Crippen molar-refractivity contribution in [2.24, 2.45) is 0 Å². The first-order valence-electron chi connectivity index (χ1n) is 6.55. The molecule has 0 aliphatic rings. The van der Waals surface area contributed by atoms with Gasteiger partial charge in [0.15, 0.2) is 0 Å². The molecule has 0 heterocycles. The predicted molar refractivity (Wildman–Crippen MR) is 83.5 cm³/mol. The number of benzene rings is 1. The highest BCUT2D eigenvalue weighted by atomic mass is 79.9. The molecule has 0 bridgehead atoms. The third-order valence-corrected chi connectivity index (χ3v) is 3.75. The van der Waals surface area contributed by atoms with E-state index in [9.17, 15) is 4.79 Å². The largest absolute Gasteiger partial charge is 0.355 e. The molecule has 0 saturated carbocycles. The van der Waals surface area contributed by atoms with Gasteiger partial charge in [-0.05, 0) is 37.2 Å².